The Kier molecular flexibility index (Phi) is 2.33. The Morgan fingerprint density at radius 3 is 3.00 bits per heavy atom. The van der Waals surface area contributed by atoms with Crippen LogP contribution in [0.5, 0.6) is 0 Å². The Labute approximate surface area is 87.1 Å². The van der Waals surface area contributed by atoms with Crippen LogP contribution in [0.1, 0.15) is 0 Å². The second kappa shape index (κ2) is 3.65. The number of carboxylic acids is 1. The summed E-state index contributed by atoms with van der Waals surface area (Å²) in [6.07, 6.45) is 1.85. The van der Waals surface area contributed by atoms with E-state index >= 15 is 0 Å². The first-order valence-electron chi connectivity index (χ1n) is 4.67. The maximum absolute atomic E-state index is 10.6. The number of hydrogen-bond acceptors (Lipinski definition) is 2. The van der Waals surface area contributed by atoms with Gasteiger partial charge >= 0.3 is 5.97 Å². The first-order valence-corrected chi connectivity index (χ1v) is 4.67. The summed E-state index contributed by atoms with van der Waals surface area (Å²) in [5, 5.41) is 9.76. The summed E-state index contributed by atoms with van der Waals surface area (Å²) in [5.41, 5.74) is 1.95. The van der Waals surface area contributed by atoms with Crippen molar-refractivity contribution in [2.75, 3.05) is 18.5 Å². The van der Waals surface area contributed by atoms with Gasteiger partial charge in [-0.3, -0.25) is 4.79 Å². The zero-order chi connectivity index (χ0) is 10.8. The molecule has 0 radical (unpaired) electrons. The minimum atomic E-state index is -0.829. The van der Waals surface area contributed by atoms with E-state index in [-0.39, 0.29) is 6.54 Å². The Balaban J connectivity index is 2.42. The first kappa shape index (κ1) is 9.58. The van der Waals surface area contributed by atoms with Crippen LogP contribution >= 0.6 is 0 Å². The van der Waals surface area contributed by atoms with E-state index in [0.717, 1.165) is 16.6 Å². The lowest BCUT2D eigenvalue weighted by Gasteiger charge is -2.17. The van der Waals surface area contributed by atoms with Gasteiger partial charge < -0.3 is 15.0 Å². The largest absolute Gasteiger partial charge is 0.480 e. The van der Waals surface area contributed by atoms with Crippen LogP contribution in [-0.2, 0) is 4.79 Å². The van der Waals surface area contributed by atoms with Gasteiger partial charge in [0.1, 0.15) is 6.54 Å². The van der Waals surface area contributed by atoms with Crippen LogP contribution in [0.2, 0.25) is 0 Å². The van der Waals surface area contributed by atoms with E-state index in [9.17, 15) is 4.79 Å². The van der Waals surface area contributed by atoms with Crippen molar-refractivity contribution in [1.82, 2.24) is 4.98 Å². The summed E-state index contributed by atoms with van der Waals surface area (Å²) in [7, 11) is 1.77. The van der Waals surface area contributed by atoms with Crippen molar-refractivity contribution in [3.63, 3.8) is 0 Å². The van der Waals surface area contributed by atoms with Crippen molar-refractivity contribution in [2.45, 2.75) is 0 Å². The van der Waals surface area contributed by atoms with E-state index in [1.54, 1.807) is 11.9 Å². The molecule has 0 aliphatic rings. The van der Waals surface area contributed by atoms with Crippen molar-refractivity contribution >= 4 is 22.6 Å². The monoisotopic (exact) mass is 204 g/mol. The molecule has 0 saturated heterocycles. The number of carboxylic acid groups (broad SMARTS) is 1. The molecule has 0 fully saturated rings. The molecular weight excluding hydrogens is 192 g/mol. The highest BCUT2D eigenvalue weighted by atomic mass is 16.4. The highest BCUT2D eigenvalue weighted by molar-refractivity contribution is 5.93. The highest BCUT2D eigenvalue weighted by Crippen LogP contribution is 2.24. The summed E-state index contributed by atoms with van der Waals surface area (Å²) >= 11 is 0. The molecule has 0 atom stereocenters. The fraction of sp³-hybridized carbons (Fsp3) is 0.182. The number of H-pyrrole nitrogens is 1. The zero-order valence-electron chi connectivity index (χ0n) is 8.40. The van der Waals surface area contributed by atoms with Crippen LogP contribution in [0.3, 0.4) is 0 Å². The zero-order valence-corrected chi connectivity index (χ0v) is 8.40. The Bertz CT molecular complexity index is 490. The number of nitrogens with one attached hydrogen (secondary N) is 1. The Hall–Kier alpha value is -1.97. The van der Waals surface area contributed by atoms with Gasteiger partial charge in [-0.15, -0.1) is 0 Å². The molecule has 4 heteroatoms. The molecule has 0 aliphatic carbocycles. The van der Waals surface area contributed by atoms with Crippen molar-refractivity contribution in [2.24, 2.45) is 0 Å². The average Bonchev–Trinajstić information content (AvgIpc) is 2.63. The molecule has 1 aromatic carbocycles. The number of rotatable bonds is 3. The van der Waals surface area contributed by atoms with Crippen molar-refractivity contribution in [1.29, 1.82) is 0 Å². The maximum atomic E-state index is 10.6. The molecule has 1 aromatic heterocycles. The number of benzene rings is 1. The summed E-state index contributed by atoms with van der Waals surface area (Å²) in [6.45, 7) is 0.00426. The third kappa shape index (κ3) is 1.79. The van der Waals surface area contributed by atoms with Gasteiger partial charge in [0.25, 0.3) is 0 Å². The van der Waals surface area contributed by atoms with Gasteiger partial charge in [0.15, 0.2) is 0 Å². The minimum absolute atomic E-state index is 0.00426. The van der Waals surface area contributed by atoms with Crippen LogP contribution in [0.4, 0.5) is 5.69 Å². The molecule has 0 bridgehead atoms. The van der Waals surface area contributed by atoms with E-state index in [2.05, 4.69) is 4.98 Å². The van der Waals surface area contributed by atoms with Crippen LogP contribution in [-0.4, -0.2) is 29.7 Å². The second-order valence-electron chi connectivity index (χ2n) is 3.47. The molecular formula is C11H12N2O2. The predicted molar refractivity (Wildman–Crippen MR) is 59.2 cm³/mol. The molecule has 0 spiro atoms. The lowest BCUT2D eigenvalue weighted by Crippen LogP contribution is -2.25. The molecule has 78 valence electrons. The standard InChI is InChI=1S/C11H12N2O2/c1-13(7-11(14)15)10-4-2-3-9-8(10)5-6-12-9/h2-6,12H,7H2,1H3,(H,14,15). The number of aromatic amines is 1. The van der Waals surface area contributed by atoms with Gasteiger partial charge in [-0.1, -0.05) is 6.07 Å². The van der Waals surface area contributed by atoms with Crippen molar-refractivity contribution in [3.8, 4) is 0 Å². The summed E-state index contributed by atoms with van der Waals surface area (Å²) in [6, 6.07) is 7.74. The van der Waals surface area contributed by atoms with E-state index in [1.165, 1.54) is 0 Å². The Morgan fingerprint density at radius 2 is 2.27 bits per heavy atom. The van der Waals surface area contributed by atoms with Crippen LogP contribution < -0.4 is 4.90 Å². The maximum Gasteiger partial charge on any atom is 0.323 e. The number of aromatic nitrogens is 1. The normalized spacial score (nSPS) is 10.5. The highest BCUT2D eigenvalue weighted by Gasteiger charge is 2.08. The van der Waals surface area contributed by atoms with Gasteiger partial charge in [0.05, 0.1) is 0 Å². The molecule has 0 amide bonds. The van der Waals surface area contributed by atoms with E-state index in [1.807, 2.05) is 30.5 Å². The molecule has 2 rings (SSSR count). The lowest BCUT2D eigenvalue weighted by atomic mass is 10.2. The SMILES string of the molecule is CN(CC(=O)O)c1cccc2[nH]ccc12. The summed E-state index contributed by atoms with van der Waals surface area (Å²) in [4.78, 5) is 15.4. The number of carbonyl (C=O) groups is 1. The fourth-order valence-electron chi connectivity index (χ4n) is 1.69. The predicted octanol–water partition coefficient (Wildman–Crippen LogP) is 1.69. The molecule has 0 saturated carbocycles. The first-order chi connectivity index (χ1) is 7.18. The van der Waals surface area contributed by atoms with Crippen LogP contribution in [0.15, 0.2) is 30.5 Å². The van der Waals surface area contributed by atoms with Gasteiger partial charge in [0, 0.05) is 29.8 Å². The van der Waals surface area contributed by atoms with Crippen molar-refractivity contribution < 1.29 is 9.90 Å². The molecule has 15 heavy (non-hydrogen) atoms. The topological polar surface area (TPSA) is 56.3 Å². The molecule has 0 unspecified atom stereocenters. The molecule has 0 aliphatic heterocycles. The fourth-order valence-corrected chi connectivity index (χ4v) is 1.69. The van der Waals surface area contributed by atoms with Gasteiger partial charge in [0.2, 0.25) is 0 Å². The van der Waals surface area contributed by atoms with Gasteiger partial charge in [-0.2, -0.15) is 0 Å². The Morgan fingerprint density at radius 1 is 1.47 bits per heavy atom. The van der Waals surface area contributed by atoms with E-state index in [0.29, 0.717) is 0 Å². The van der Waals surface area contributed by atoms with Gasteiger partial charge in [-0.05, 0) is 18.2 Å². The number of hydrogen-bond donors (Lipinski definition) is 2. The third-order valence-electron chi connectivity index (χ3n) is 2.36. The quantitative estimate of drug-likeness (QED) is 0.799. The molecule has 2 N–H and O–H groups in total. The average molecular weight is 204 g/mol. The lowest BCUT2D eigenvalue weighted by molar-refractivity contribution is -0.135. The smallest absolute Gasteiger partial charge is 0.323 e. The summed E-state index contributed by atoms with van der Waals surface area (Å²) in [5.74, 6) is -0.829. The second-order valence-corrected chi connectivity index (χ2v) is 3.47. The molecule has 1 heterocycles. The number of fused-ring (bicyclic) bond motifs is 1. The third-order valence-corrected chi connectivity index (χ3v) is 2.36. The van der Waals surface area contributed by atoms with Crippen molar-refractivity contribution in [3.05, 3.63) is 30.5 Å². The summed E-state index contributed by atoms with van der Waals surface area (Å²) < 4.78 is 0. The minimum Gasteiger partial charge on any atom is -0.480 e. The van der Waals surface area contributed by atoms with E-state index in [4.69, 9.17) is 5.11 Å². The molecule has 2 aromatic rings. The number of likely N-dealkylation sites (N-methyl/N-ethyl adjacent to an activating group) is 1. The van der Waals surface area contributed by atoms with Crippen LogP contribution in [0, 0.1) is 0 Å². The number of anilines is 1. The van der Waals surface area contributed by atoms with Gasteiger partial charge in [-0.25, -0.2) is 0 Å². The molecule has 4 nitrogen and oxygen atoms in total. The van der Waals surface area contributed by atoms with Crippen LogP contribution in [0.25, 0.3) is 10.9 Å². The number of aliphatic carboxylic acids is 1. The number of nitrogens with zero attached hydrogens (tertiary/aromatic N) is 1. The van der Waals surface area contributed by atoms with E-state index < -0.39 is 5.97 Å².